The Hall–Kier alpha value is -1.47. The Morgan fingerprint density at radius 2 is 2.28 bits per heavy atom. The lowest BCUT2D eigenvalue weighted by Crippen LogP contribution is -2.36. The molecule has 1 saturated heterocycles. The van der Waals surface area contributed by atoms with Gasteiger partial charge in [-0.05, 0) is 18.6 Å². The van der Waals surface area contributed by atoms with Crippen molar-refractivity contribution in [3.05, 3.63) is 30.1 Å². The van der Waals surface area contributed by atoms with Crippen molar-refractivity contribution in [2.24, 2.45) is 0 Å². The molecular weight excluding hydrogens is 254 g/mol. The monoisotopic (exact) mass is 269 g/mol. The van der Waals surface area contributed by atoms with Crippen LogP contribution in [-0.4, -0.2) is 49.0 Å². The summed E-state index contributed by atoms with van der Waals surface area (Å²) in [6, 6.07) is 5.07. The van der Waals surface area contributed by atoms with Crippen LogP contribution in [-0.2, 0) is 10.0 Å². The molecule has 0 bridgehead atoms. The van der Waals surface area contributed by atoms with Gasteiger partial charge in [0, 0.05) is 25.8 Å². The summed E-state index contributed by atoms with van der Waals surface area (Å²) in [7, 11) is -3.08. The normalized spacial score (nSPS) is 18.7. The van der Waals surface area contributed by atoms with E-state index < -0.39 is 10.0 Å². The van der Waals surface area contributed by atoms with Crippen LogP contribution in [0.2, 0.25) is 0 Å². The van der Waals surface area contributed by atoms with E-state index in [2.05, 4.69) is 10.3 Å². The van der Waals surface area contributed by atoms with Gasteiger partial charge in [0.25, 0.3) is 5.91 Å². The lowest BCUT2D eigenvalue weighted by molar-refractivity contribution is 0.0947. The molecular formula is C11H15N3O3S. The third kappa shape index (κ3) is 3.05. The molecule has 0 aliphatic carbocycles. The van der Waals surface area contributed by atoms with Crippen molar-refractivity contribution < 1.29 is 13.2 Å². The highest BCUT2D eigenvalue weighted by atomic mass is 32.2. The van der Waals surface area contributed by atoms with Crippen LogP contribution < -0.4 is 5.32 Å². The van der Waals surface area contributed by atoms with Crippen molar-refractivity contribution in [3.8, 4) is 0 Å². The van der Waals surface area contributed by atoms with Crippen LogP contribution >= 0.6 is 0 Å². The zero-order valence-electron chi connectivity index (χ0n) is 9.87. The van der Waals surface area contributed by atoms with E-state index in [1.807, 2.05) is 0 Å². The Labute approximate surface area is 106 Å². The number of nitrogens with one attached hydrogen (secondary N) is 1. The lowest BCUT2D eigenvalue weighted by atomic mass is 10.3. The largest absolute Gasteiger partial charge is 0.349 e. The first-order chi connectivity index (χ1) is 8.59. The van der Waals surface area contributed by atoms with Gasteiger partial charge in [0.2, 0.25) is 10.0 Å². The fraction of sp³-hybridized carbons (Fsp3) is 0.455. The summed E-state index contributed by atoms with van der Waals surface area (Å²) in [5.74, 6) is -0.0755. The molecule has 0 saturated carbocycles. The third-order valence-corrected chi connectivity index (χ3v) is 4.70. The molecule has 1 aliphatic rings. The van der Waals surface area contributed by atoms with Crippen molar-refractivity contribution in [2.45, 2.75) is 6.42 Å². The maximum absolute atomic E-state index is 11.6. The molecule has 1 N–H and O–H groups in total. The summed E-state index contributed by atoms with van der Waals surface area (Å²) in [4.78, 5) is 15.6. The predicted octanol–water partition coefficient (Wildman–Crippen LogP) is -0.153. The molecule has 1 aliphatic heterocycles. The molecule has 1 amide bonds. The minimum absolute atomic E-state index is 0.210. The first-order valence-electron chi connectivity index (χ1n) is 5.77. The van der Waals surface area contributed by atoms with E-state index in [0.717, 1.165) is 0 Å². The highest BCUT2D eigenvalue weighted by molar-refractivity contribution is 7.89. The van der Waals surface area contributed by atoms with Crippen LogP contribution in [0.1, 0.15) is 16.9 Å². The number of hydrogen-bond acceptors (Lipinski definition) is 4. The van der Waals surface area contributed by atoms with Gasteiger partial charge in [-0.1, -0.05) is 6.07 Å². The molecule has 0 unspecified atom stereocenters. The SMILES string of the molecule is O=C(NCCN1CCCS1(=O)=O)c1ccccn1. The number of amides is 1. The summed E-state index contributed by atoms with van der Waals surface area (Å²) < 4.78 is 24.4. The highest BCUT2D eigenvalue weighted by Gasteiger charge is 2.27. The Balaban J connectivity index is 1.81. The molecule has 0 radical (unpaired) electrons. The molecule has 1 fully saturated rings. The average molecular weight is 269 g/mol. The average Bonchev–Trinajstić information content (AvgIpc) is 2.70. The fourth-order valence-electron chi connectivity index (χ4n) is 1.82. The second-order valence-corrected chi connectivity index (χ2v) is 6.13. The third-order valence-electron chi connectivity index (χ3n) is 2.75. The zero-order valence-corrected chi connectivity index (χ0v) is 10.7. The molecule has 1 aromatic rings. The maximum Gasteiger partial charge on any atom is 0.269 e. The first-order valence-corrected chi connectivity index (χ1v) is 7.37. The Bertz CT molecular complexity index is 516. The van der Waals surface area contributed by atoms with Gasteiger partial charge in [-0.25, -0.2) is 12.7 Å². The summed E-state index contributed by atoms with van der Waals surface area (Å²) in [5, 5.41) is 2.66. The van der Waals surface area contributed by atoms with Gasteiger partial charge >= 0.3 is 0 Å². The molecule has 0 aromatic carbocycles. The fourth-order valence-corrected chi connectivity index (χ4v) is 3.35. The van der Waals surface area contributed by atoms with Crippen LogP contribution in [0.25, 0.3) is 0 Å². The van der Waals surface area contributed by atoms with E-state index in [9.17, 15) is 13.2 Å². The number of hydrogen-bond donors (Lipinski definition) is 1. The summed E-state index contributed by atoms with van der Waals surface area (Å²) in [6.45, 7) is 1.16. The molecule has 6 nitrogen and oxygen atoms in total. The second kappa shape index (κ2) is 5.45. The molecule has 0 atom stereocenters. The van der Waals surface area contributed by atoms with Crippen molar-refractivity contribution >= 4 is 15.9 Å². The zero-order chi connectivity index (χ0) is 13.0. The number of pyridine rings is 1. The van der Waals surface area contributed by atoms with E-state index in [1.165, 1.54) is 4.31 Å². The number of sulfonamides is 1. The van der Waals surface area contributed by atoms with Gasteiger partial charge < -0.3 is 5.32 Å². The summed E-state index contributed by atoms with van der Waals surface area (Å²) in [6.07, 6.45) is 2.20. The van der Waals surface area contributed by atoms with Crippen LogP contribution in [0.5, 0.6) is 0 Å². The smallest absolute Gasteiger partial charge is 0.269 e. The van der Waals surface area contributed by atoms with Crippen LogP contribution in [0.4, 0.5) is 0 Å². The Kier molecular flexibility index (Phi) is 3.93. The predicted molar refractivity (Wildman–Crippen MR) is 66.5 cm³/mol. The van der Waals surface area contributed by atoms with Gasteiger partial charge in [-0.3, -0.25) is 9.78 Å². The first kappa shape index (κ1) is 13.0. The van der Waals surface area contributed by atoms with Gasteiger partial charge in [-0.15, -0.1) is 0 Å². The highest BCUT2D eigenvalue weighted by Crippen LogP contribution is 2.11. The number of nitrogens with zero attached hydrogens (tertiary/aromatic N) is 2. The van der Waals surface area contributed by atoms with E-state index in [4.69, 9.17) is 0 Å². The van der Waals surface area contributed by atoms with Crippen LogP contribution in [0.3, 0.4) is 0 Å². The topological polar surface area (TPSA) is 79.4 Å². The van der Waals surface area contributed by atoms with Crippen molar-refractivity contribution in [3.63, 3.8) is 0 Å². The van der Waals surface area contributed by atoms with Crippen LogP contribution in [0.15, 0.2) is 24.4 Å². The van der Waals surface area contributed by atoms with E-state index in [1.54, 1.807) is 24.4 Å². The quantitative estimate of drug-likeness (QED) is 0.824. The van der Waals surface area contributed by atoms with Gasteiger partial charge in [0.15, 0.2) is 0 Å². The van der Waals surface area contributed by atoms with Crippen molar-refractivity contribution in [2.75, 3.05) is 25.4 Å². The molecule has 7 heteroatoms. The number of carbonyl (C=O) groups is 1. The standard InChI is InChI=1S/C11H15N3O3S/c15-11(10-4-1-2-5-12-10)13-6-8-14-7-3-9-18(14,16)17/h1-2,4-5H,3,6-9H2,(H,13,15). The van der Waals surface area contributed by atoms with Gasteiger partial charge in [0.1, 0.15) is 5.69 Å². The molecule has 18 heavy (non-hydrogen) atoms. The number of rotatable bonds is 4. The maximum atomic E-state index is 11.6. The Morgan fingerprint density at radius 3 is 2.89 bits per heavy atom. The van der Waals surface area contributed by atoms with E-state index >= 15 is 0 Å². The summed E-state index contributed by atoms with van der Waals surface area (Å²) >= 11 is 0. The lowest BCUT2D eigenvalue weighted by Gasteiger charge is -2.14. The minimum Gasteiger partial charge on any atom is -0.349 e. The second-order valence-electron chi connectivity index (χ2n) is 4.04. The summed E-state index contributed by atoms with van der Waals surface area (Å²) in [5.41, 5.74) is 0.335. The van der Waals surface area contributed by atoms with Crippen LogP contribution in [0, 0.1) is 0 Å². The van der Waals surface area contributed by atoms with Crippen molar-refractivity contribution in [1.29, 1.82) is 0 Å². The number of aromatic nitrogens is 1. The molecule has 2 heterocycles. The molecule has 2 rings (SSSR count). The van der Waals surface area contributed by atoms with E-state index in [0.29, 0.717) is 31.7 Å². The van der Waals surface area contributed by atoms with Crippen molar-refractivity contribution in [1.82, 2.24) is 14.6 Å². The molecule has 0 spiro atoms. The van der Waals surface area contributed by atoms with Gasteiger partial charge in [-0.2, -0.15) is 0 Å². The van der Waals surface area contributed by atoms with Gasteiger partial charge in [0.05, 0.1) is 5.75 Å². The molecule has 98 valence electrons. The Morgan fingerprint density at radius 1 is 1.44 bits per heavy atom. The minimum atomic E-state index is -3.08. The van der Waals surface area contributed by atoms with E-state index in [-0.39, 0.29) is 11.7 Å². The number of carbonyl (C=O) groups excluding carboxylic acids is 1. The molecule has 1 aromatic heterocycles.